The van der Waals surface area contributed by atoms with Gasteiger partial charge in [-0.1, -0.05) is 6.92 Å². The summed E-state index contributed by atoms with van der Waals surface area (Å²) in [4.78, 5) is 23.4. The molecule has 0 radical (unpaired) electrons. The Hall–Kier alpha value is -1.09. The predicted molar refractivity (Wildman–Crippen MR) is 66.5 cm³/mol. The summed E-state index contributed by atoms with van der Waals surface area (Å²) < 4.78 is 53.4. The minimum atomic E-state index is -5.27. The van der Waals surface area contributed by atoms with Crippen LogP contribution in [-0.4, -0.2) is 45.8 Å². The normalized spacial score (nSPS) is 15.4. The van der Waals surface area contributed by atoms with Gasteiger partial charge in [-0.05, 0) is 26.1 Å². The zero-order valence-corrected chi connectivity index (χ0v) is 13.1. The number of carbonyl (C=O) groups is 2. The second-order valence-corrected chi connectivity index (χ2v) is 9.45. The third-order valence-electron chi connectivity index (χ3n) is 2.06. The molecule has 5 nitrogen and oxygen atoms in total. The molecule has 0 fully saturated rings. The quantitative estimate of drug-likeness (QED) is 0.427. The Morgan fingerprint density at radius 3 is 1.90 bits per heavy atom. The Labute approximate surface area is 116 Å². The van der Waals surface area contributed by atoms with Crippen LogP contribution in [0.25, 0.3) is 0 Å². The number of halogens is 3. The van der Waals surface area contributed by atoms with Crippen molar-refractivity contribution in [2.24, 2.45) is 0 Å². The fraction of sp³-hybridized carbons (Fsp3) is 0.818. The van der Waals surface area contributed by atoms with E-state index >= 15 is 0 Å². The second-order valence-electron chi connectivity index (χ2n) is 5.02. The molecule has 0 heterocycles. The molecule has 0 aromatic rings. The Morgan fingerprint density at radius 2 is 1.60 bits per heavy atom. The summed E-state index contributed by atoms with van der Waals surface area (Å²) in [6.45, 7) is 5.62. The highest BCUT2D eigenvalue weighted by molar-refractivity contribution is 6.70. The van der Waals surface area contributed by atoms with E-state index in [1.165, 1.54) is 19.6 Å². The highest BCUT2D eigenvalue weighted by Gasteiger charge is 2.71. The molecule has 0 aliphatic carbocycles. The summed E-state index contributed by atoms with van der Waals surface area (Å²) in [5, 5.41) is 0. The van der Waals surface area contributed by atoms with E-state index in [4.69, 9.17) is 4.43 Å². The van der Waals surface area contributed by atoms with Crippen LogP contribution in [0.3, 0.4) is 0 Å². The van der Waals surface area contributed by atoms with Crippen LogP contribution in [0.2, 0.25) is 19.6 Å². The van der Waals surface area contributed by atoms with E-state index in [9.17, 15) is 22.8 Å². The van der Waals surface area contributed by atoms with Crippen molar-refractivity contribution in [3.8, 4) is 0 Å². The first-order valence-corrected chi connectivity index (χ1v) is 9.35. The molecule has 0 aromatic heterocycles. The summed E-state index contributed by atoms with van der Waals surface area (Å²) in [7, 11) is -2.15. The van der Waals surface area contributed by atoms with Gasteiger partial charge >= 0.3 is 23.7 Å². The number of esters is 2. The second kappa shape index (κ2) is 6.57. The summed E-state index contributed by atoms with van der Waals surface area (Å²) in [6.07, 6.45) is -4.96. The third kappa shape index (κ3) is 4.20. The van der Waals surface area contributed by atoms with E-state index in [1.807, 2.05) is 0 Å². The van der Waals surface area contributed by atoms with Gasteiger partial charge in [0, 0.05) is 0 Å². The highest BCUT2D eigenvalue weighted by atomic mass is 28.4. The highest BCUT2D eigenvalue weighted by Crippen LogP contribution is 2.38. The Morgan fingerprint density at radius 1 is 1.10 bits per heavy atom. The number of carbonyl (C=O) groups excluding carboxylic acids is 2. The molecule has 0 bridgehead atoms. The summed E-state index contributed by atoms with van der Waals surface area (Å²) in [6, 6.07) is 0. The topological polar surface area (TPSA) is 61.8 Å². The minimum Gasteiger partial charge on any atom is -0.466 e. The van der Waals surface area contributed by atoms with Crippen molar-refractivity contribution in [3.63, 3.8) is 0 Å². The van der Waals surface area contributed by atoms with Crippen LogP contribution in [0.4, 0.5) is 13.2 Å². The van der Waals surface area contributed by atoms with Gasteiger partial charge in [-0.25, -0.2) is 9.59 Å². The van der Waals surface area contributed by atoms with Gasteiger partial charge in [0.05, 0.1) is 13.7 Å². The van der Waals surface area contributed by atoms with Crippen molar-refractivity contribution >= 4 is 20.3 Å². The van der Waals surface area contributed by atoms with Gasteiger partial charge < -0.3 is 13.9 Å². The largest absolute Gasteiger partial charge is 0.466 e. The van der Waals surface area contributed by atoms with Crippen LogP contribution in [0.5, 0.6) is 0 Å². The molecule has 1 atom stereocenters. The number of alkyl halides is 3. The summed E-state index contributed by atoms with van der Waals surface area (Å²) in [5.41, 5.74) is -3.72. The molecule has 9 heteroatoms. The van der Waals surface area contributed by atoms with Crippen LogP contribution < -0.4 is 0 Å². The molecule has 1 unspecified atom stereocenters. The van der Waals surface area contributed by atoms with Crippen molar-refractivity contribution < 1.29 is 36.7 Å². The van der Waals surface area contributed by atoms with Crippen molar-refractivity contribution in [1.29, 1.82) is 0 Å². The molecule has 118 valence electrons. The number of rotatable bonds is 6. The standard InChI is InChI=1S/C11H19F3O5Si/c1-6-7-18-9(16)10(8(15)17-2,11(12,13)14)19-20(3,4)5/h6-7H2,1-5H3. The van der Waals surface area contributed by atoms with E-state index in [2.05, 4.69) is 9.47 Å². The lowest BCUT2D eigenvalue weighted by Crippen LogP contribution is -2.64. The van der Waals surface area contributed by atoms with Crippen molar-refractivity contribution in [2.75, 3.05) is 13.7 Å². The van der Waals surface area contributed by atoms with Gasteiger partial charge in [-0.15, -0.1) is 0 Å². The van der Waals surface area contributed by atoms with Crippen LogP contribution >= 0.6 is 0 Å². The molecular weight excluding hydrogens is 297 g/mol. The lowest BCUT2D eigenvalue weighted by molar-refractivity contribution is -0.257. The van der Waals surface area contributed by atoms with Gasteiger partial charge in [-0.3, -0.25) is 0 Å². The molecule has 0 amide bonds. The fourth-order valence-electron chi connectivity index (χ4n) is 1.36. The van der Waals surface area contributed by atoms with E-state index in [1.54, 1.807) is 6.92 Å². The maximum atomic E-state index is 13.3. The van der Waals surface area contributed by atoms with Crippen LogP contribution in [-0.2, 0) is 23.5 Å². The number of hydrogen-bond acceptors (Lipinski definition) is 5. The van der Waals surface area contributed by atoms with Gasteiger partial charge in [0.2, 0.25) is 0 Å². The molecule has 20 heavy (non-hydrogen) atoms. The lowest BCUT2D eigenvalue weighted by Gasteiger charge is -2.35. The monoisotopic (exact) mass is 316 g/mol. The maximum absolute atomic E-state index is 13.3. The van der Waals surface area contributed by atoms with Gasteiger partial charge in [-0.2, -0.15) is 13.2 Å². The van der Waals surface area contributed by atoms with Gasteiger partial charge in [0.1, 0.15) is 0 Å². The van der Waals surface area contributed by atoms with Crippen LogP contribution in [0.1, 0.15) is 13.3 Å². The summed E-state index contributed by atoms with van der Waals surface area (Å²) >= 11 is 0. The summed E-state index contributed by atoms with van der Waals surface area (Å²) in [5.74, 6) is -3.62. The molecule has 0 rings (SSSR count). The van der Waals surface area contributed by atoms with Gasteiger partial charge in [0.15, 0.2) is 8.32 Å². The lowest BCUT2D eigenvalue weighted by atomic mass is 10.0. The van der Waals surface area contributed by atoms with E-state index < -0.39 is 32.0 Å². The molecule has 0 aliphatic heterocycles. The van der Waals surface area contributed by atoms with Crippen LogP contribution in [0.15, 0.2) is 0 Å². The Kier molecular flexibility index (Phi) is 6.21. The molecule has 0 aromatic carbocycles. The molecular formula is C11H19F3O5Si. The Balaban J connectivity index is 5.81. The van der Waals surface area contributed by atoms with Crippen molar-refractivity contribution in [1.82, 2.24) is 0 Å². The molecule has 0 N–H and O–H groups in total. The van der Waals surface area contributed by atoms with Crippen LogP contribution in [0, 0.1) is 0 Å². The first kappa shape index (κ1) is 18.9. The smallest absolute Gasteiger partial charge is 0.438 e. The Bertz CT molecular complexity index is 364. The first-order valence-electron chi connectivity index (χ1n) is 5.95. The third-order valence-corrected chi connectivity index (χ3v) is 2.97. The van der Waals surface area contributed by atoms with E-state index in [-0.39, 0.29) is 6.61 Å². The first-order chi connectivity index (χ1) is 8.92. The maximum Gasteiger partial charge on any atom is 0.438 e. The minimum absolute atomic E-state index is 0.247. The molecule has 0 saturated carbocycles. The average molecular weight is 316 g/mol. The SMILES string of the molecule is CCCOC(=O)C(O[Si](C)(C)C)(C(=O)OC)C(F)(F)F. The number of hydrogen-bond donors (Lipinski definition) is 0. The molecule has 0 saturated heterocycles. The van der Waals surface area contributed by atoms with E-state index in [0.717, 1.165) is 7.11 Å². The number of ether oxygens (including phenoxy) is 2. The van der Waals surface area contributed by atoms with Gasteiger partial charge in [0.25, 0.3) is 0 Å². The number of methoxy groups -OCH3 is 1. The average Bonchev–Trinajstić information content (AvgIpc) is 2.29. The fourth-order valence-corrected chi connectivity index (χ4v) is 2.56. The van der Waals surface area contributed by atoms with Crippen molar-refractivity contribution in [2.45, 2.75) is 44.8 Å². The van der Waals surface area contributed by atoms with E-state index in [0.29, 0.717) is 6.42 Å². The molecule has 0 aliphatic rings. The van der Waals surface area contributed by atoms with Crippen molar-refractivity contribution in [3.05, 3.63) is 0 Å². The zero-order chi connectivity index (χ0) is 16.2. The molecule has 0 spiro atoms. The predicted octanol–water partition coefficient (Wildman–Crippen LogP) is 2.27. The zero-order valence-electron chi connectivity index (χ0n) is 12.1.